The lowest BCUT2D eigenvalue weighted by Gasteiger charge is -2.10. The first kappa shape index (κ1) is 11.3. The first-order chi connectivity index (χ1) is 8.25. The Kier molecular flexibility index (Phi) is 3.52. The van der Waals surface area contributed by atoms with Crippen LogP contribution in [0.25, 0.3) is 0 Å². The molecule has 0 spiro atoms. The first-order valence-electron chi connectivity index (χ1n) is 5.26. The molecule has 0 radical (unpaired) electrons. The maximum atomic E-state index is 11.7. The summed E-state index contributed by atoms with van der Waals surface area (Å²) in [7, 11) is 0. The molecule has 0 saturated heterocycles. The zero-order valence-electron chi connectivity index (χ0n) is 9.17. The van der Waals surface area contributed by atoms with Crippen LogP contribution in [0.1, 0.15) is 5.56 Å². The van der Waals surface area contributed by atoms with Crippen LogP contribution >= 0.6 is 0 Å². The number of nitrogens with two attached hydrogens (primary N) is 1. The largest absolute Gasteiger partial charge is 0.363 e. The van der Waals surface area contributed by atoms with Crippen LogP contribution < -0.4 is 11.1 Å². The van der Waals surface area contributed by atoms with Gasteiger partial charge < -0.3 is 15.6 Å². The van der Waals surface area contributed by atoms with E-state index in [-0.39, 0.29) is 5.91 Å². The van der Waals surface area contributed by atoms with Crippen molar-refractivity contribution in [1.29, 1.82) is 0 Å². The molecule has 2 rings (SSSR count). The number of hydrogen-bond donors (Lipinski definition) is 2. The molecule has 0 unspecified atom stereocenters. The third-order valence-electron chi connectivity index (χ3n) is 2.32. The van der Waals surface area contributed by atoms with Crippen molar-refractivity contribution >= 4 is 11.7 Å². The molecule has 0 aliphatic rings. The van der Waals surface area contributed by atoms with Crippen LogP contribution in [0.15, 0.2) is 47.2 Å². The molecule has 0 aliphatic heterocycles. The van der Waals surface area contributed by atoms with Gasteiger partial charge in [-0.2, -0.15) is 0 Å². The minimum absolute atomic E-state index is 0.275. The molecule has 0 saturated carbocycles. The van der Waals surface area contributed by atoms with Crippen LogP contribution in [-0.4, -0.2) is 17.1 Å². The average molecular weight is 231 g/mol. The van der Waals surface area contributed by atoms with Crippen molar-refractivity contribution < 1.29 is 9.32 Å². The fourth-order valence-electron chi connectivity index (χ4n) is 1.46. The topological polar surface area (TPSA) is 81.2 Å². The first-order valence-corrected chi connectivity index (χ1v) is 5.26. The number of amides is 1. The third kappa shape index (κ3) is 3.15. The van der Waals surface area contributed by atoms with Crippen LogP contribution in [0.2, 0.25) is 0 Å². The lowest BCUT2D eigenvalue weighted by molar-refractivity contribution is -0.117. The van der Waals surface area contributed by atoms with Crippen molar-refractivity contribution in [2.45, 2.75) is 12.5 Å². The summed E-state index contributed by atoms with van der Waals surface area (Å²) < 4.78 is 4.61. The van der Waals surface area contributed by atoms with Crippen LogP contribution in [0.4, 0.5) is 5.82 Å². The lowest BCUT2D eigenvalue weighted by atomic mass is 10.1. The smallest absolute Gasteiger partial charge is 0.242 e. The molecule has 88 valence electrons. The van der Waals surface area contributed by atoms with E-state index in [0.29, 0.717) is 12.2 Å². The summed E-state index contributed by atoms with van der Waals surface area (Å²) in [5.74, 6) is 0.0984. The second-order valence-corrected chi connectivity index (χ2v) is 3.67. The van der Waals surface area contributed by atoms with Gasteiger partial charge in [0.05, 0.1) is 6.04 Å². The van der Waals surface area contributed by atoms with Crippen LogP contribution in [0, 0.1) is 0 Å². The number of anilines is 1. The monoisotopic (exact) mass is 231 g/mol. The van der Waals surface area contributed by atoms with Crippen LogP contribution in [0.5, 0.6) is 0 Å². The minimum Gasteiger partial charge on any atom is -0.363 e. The van der Waals surface area contributed by atoms with Crippen molar-refractivity contribution in [2.75, 3.05) is 5.32 Å². The minimum atomic E-state index is -0.603. The molecule has 0 bridgehead atoms. The quantitative estimate of drug-likeness (QED) is 0.828. The highest BCUT2D eigenvalue weighted by Crippen LogP contribution is 2.05. The van der Waals surface area contributed by atoms with E-state index in [9.17, 15) is 4.79 Å². The van der Waals surface area contributed by atoms with Gasteiger partial charge in [0.25, 0.3) is 0 Å². The second-order valence-electron chi connectivity index (χ2n) is 3.67. The molecular formula is C12H13N3O2. The number of rotatable bonds is 4. The van der Waals surface area contributed by atoms with Crippen molar-refractivity contribution in [3.63, 3.8) is 0 Å². The van der Waals surface area contributed by atoms with Crippen molar-refractivity contribution in [3.8, 4) is 0 Å². The predicted octanol–water partition coefficient (Wildman–Crippen LogP) is 1.18. The van der Waals surface area contributed by atoms with Gasteiger partial charge in [0.1, 0.15) is 6.26 Å². The molecule has 2 aromatic rings. The summed E-state index contributed by atoms with van der Waals surface area (Å²) in [6.45, 7) is 0. The highest BCUT2D eigenvalue weighted by atomic mass is 16.5. The Labute approximate surface area is 98.6 Å². The highest BCUT2D eigenvalue weighted by molar-refractivity contribution is 5.93. The standard InChI is InChI=1S/C12H13N3O2/c13-10(8-9-4-2-1-3-5-9)12(16)14-11-6-7-17-15-11/h1-7,10H,8,13H2,(H,14,15,16)/t10-/m1/s1. The molecule has 1 atom stereocenters. The third-order valence-corrected chi connectivity index (χ3v) is 2.32. The zero-order valence-corrected chi connectivity index (χ0v) is 9.17. The highest BCUT2D eigenvalue weighted by Gasteiger charge is 2.14. The second kappa shape index (κ2) is 5.27. The maximum absolute atomic E-state index is 11.7. The number of carbonyl (C=O) groups is 1. The maximum Gasteiger partial charge on any atom is 0.242 e. The van der Waals surface area contributed by atoms with Gasteiger partial charge in [0.15, 0.2) is 5.82 Å². The Morgan fingerprint density at radius 3 is 2.76 bits per heavy atom. The SMILES string of the molecule is N[C@H](Cc1ccccc1)C(=O)Nc1ccon1. The fraction of sp³-hybridized carbons (Fsp3) is 0.167. The van der Waals surface area contributed by atoms with E-state index in [1.807, 2.05) is 30.3 Å². The van der Waals surface area contributed by atoms with Gasteiger partial charge >= 0.3 is 0 Å². The van der Waals surface area contributed by atoms with Gasteiger partial charge in [-0.3, -0.25) is 4.79 Å². The molecule has 5 nitrogen and oxygen atoms in total. The van der Waals surface area contributed by atoms with E-state index in [0.717, 1.165) is 5.56 Å². The van der Waals surface area contributed by atoms with E-state index in [2.05, 4.69) is 15.0 Å². The van der Waals surface area contributed by atoms with Gasteiger partial charge in [-0.25, -0.2) is 0 Å². The van der Waals surface area contributed by atoms with Gasteiger partial charge in [0, 0.05) is 6.07 Å². The Morgan fingerprint density at radius 2 is 2.12 bits per heavy atom. The molecule has 0 fully saturated rings. The number of nitrogens with one attached hydrogen (secondary N) is 1. The molecular weight excluding hydrogens is 218 g/mol. The van der Waals surface area contributed by atoms with E-state index < -0.39 is 6.04 Å². The van der Waals surface area contributed by atoms with E-state index in [1.54, 1.807) is 6.07 Å². The number of aromatic nitrogens is 1. The van der Waals surface area contributed by atoms with E-state index in [4.69, 9.17) is 5.73 Å². The summed E-state index contributed by atoms with van der Waals surface area (Å²) in [6, 6.07) is 10.6. The molecule has 1 amide bonds. The van der Waals surface area contributed by atoms with Crippen LogP contribution in [0.3, 0.4) is 0 Å². The average Bonchev–Trinajstić information content (AvgIpc) is 2.83. The van der Waals surface area contributed by atoms with Crippen molar-refractivity contribution in [3.05, 3.63) is 48.2 Å². The van der Waals surface area contributed by atoms with Gasteiger partial charge in [0.2, 0.25) is 5.91 Å². The number of nitrogens with zero attached hydrogens (tertiary/aromatic N) is 1. The fourth-order valence-corrected chi connectivity index (χ4v) is 1.46. The summed E-state index contributed by atoms with van der Waals surface area (Å²) in [5.41, 5.74) is 6.82. The number of hydrogen-bond acceptors (Lipinski definition) is 4. The lowest BCUT2D eigenvalue weighted by Crippen LogP contribution is -2.37. The molecule has 1 aromatic carbocycles. The summed E-state index contributed by atoms with van der Waals surface area (Å²) in [4.78, 5) is 11.7. The molecule has 1 aromatic heterocycles. The number of benzene rings is 1. The molecule has 5 heteroatoms. The molecule has 17 heavy (non-hydrogen) atoms. The summed E-state index contributed by atoms with van der Waals surface area (Å²) in [6.07, 6.45) is 1.88. The Bertz CT molecular complexity index is 468. The molecule has 3 N–H and O–H groups in total. The number of carbonyl (C=O) groups excluding carboxylic acids is 1. The summed E-state index contributed by atoms with van der Waals surface area (Å²) in [5, 5.41) is 6.16. The van der Waals surface area contributed by atoms with E-state index in [1.165, 1.54) is 6.26 Å². The summed E-state index contributed by atoms with van der Waals surface area (Å²) >= 11 is 0. The predicted molar refractivity (Wildman–Crippen MR) is 63.3 cm³/mol. The van der Waals surface area contributed by atoms with Crippen molar-refractivity contribution in [1.82, 2.24) is 5.16 Å². The van der Waals surface area contributed by atoms with Gasteiger partial charge in [-0.05, 0) is 12.0 Å². The van der Waals surface area contributed by atoms with Gasteiger partial charge in [-0.1, -0.05) is 35.5 Å². The normalized spacial score (nSPS) is 12.1. The van der Waals surface area contributed by atoms with Gasteiger partial charge in [-0.15, -0.1) is 0 Å². The zero-order chi connectivity index (χ0) is 12.1. The van der Waals surface area contributed by atoms with Crippen molar-refractivity contribution in [2.24, 2.45) is 5.73 Å². The van der Waals surface area contributed by atoms with Crippen LogP contribution in [-0.2, 0) is 11.2 Å². The van der Waals surface area contributed by atoms with E-state index >= 15 is 0 Å². The Morgan fingerprint density at radius 1 is 1.35 bits per heavy atom. The molecule has 0 aliphatic carbocycles. The molecule has 1 heterocycles. The Hall–Kier alpha value is -2.14. The Balaban J connectivity index is 1.92.